The second kappa shape index (κ2) is 13.5. The molecule has 0 fully saturated rings. The minimum Gasteiger partial charge on any atom is -0.310 e. The molecule has 1 heteroatoms. The van der Waals surface area contributed by atoms with Gasteiger partial charge in [0.2, 0.25) is 0 Å². The molecule has 0 aromatic heterocycles. The number of benzene rings is 9. The third kappa shape index (κ3) is 5.39. The summed E-state index contributed by atoms with van der Waals surface area (Å²) in [5, 5.41) is 2.43. The van der Waals surface area contributed by atoms with Crippen molar-refractivity contribution in [2.75, 3.05) is 4.90 Å². The van der Waals surface area contributed by atoms with Crippen molar-refractivity contribution in [2.24, 2.45) is 0 Å². The number of fused-ring (bicyclic) bond motifs is 4. The molecule has 0 atom stereocenters. The summed E-state index contributed by atoms with van der Waals surface area (Å²) in [6.45, 7) is 2.22. The van der Waals surface area contributed by atoms with E-state index < -0.39 is 5.41 Å². The van der Waals surface area contributed by atoms with Crippen molar-refractivity contribution in [3.8, 4) is 33.4 Å². The standard InChI is InChI=1S/C54H39N/c1-38-18-11-14-29-47(38)50-35-41-21-12-13-22-42(41)36-53(50)55(45-28-17-23-40(34-45)39-19-5-2-6-20-39)46-32-33-49-48-30-15-16-31-51(48)54(52(49)37-46,43-24-7-3-8-25-43)44-26-9-4-10-27-44/h2-37H,1H3. The smallest absolute Gasteiger partial charge is 0.0714 e. The second-order valence-corrected chi connectivity index (χ2v) is 14.5. The molecule has 0 saturated carbocycles. The minimum atomic E-state index is -0.510. The fourth-order valence-electron chi connectivity index (χ4n) is 8.96. The molecule has 1 nitrogen and oxygen atoms in total. The maximum Gasteiger partial charge on any atom is 0.0714 e. The summed E-state index contributed by atoms with van der Waals surface area (Å²) < 4.78 is 0. The van der Waals surface area contributed by atoms with Gasteiger partial charge in [-0.05, 0) is 110 Å². The van der Waals surface area contributed by atoms with Crippen LogP contribution < -0.4 is 4.90 Å². The Balaban J connectivity index is 1.30. The minimum absolute atomic E-state index is 0.510. The number of hydrogen-bond acceptors (Lipinski definition) is 1. The van der Waals surface area contributed by atoms with Crippen LogP contribution in [0, 0.1) is 6.92 Å². The fraction of sp³-hybridized carbons (Fsp3) is 0.0370. The molecular formula is C54H39N. The average Bonchev–Trinajstić information content (AvgIpc) is 3.55. The van der Waals surface area contributed by atoms with E-state index in [0.29, 0.717) is 0 Å². The Labute approximate surface area is 323 Å². The van der Waals surface area contributed by atoms with E-state index in [1.165, 1.54) is 72.0 Å². The van der Waals surface area contributed by atoms with Gasteiger partial charge in [-0.2, -0.15) is 0 Å². The molecule has 0 spiro atoms. The summed E-state index contributed by atoms with van der Waals surface area (Å²) in [7, 11) is 0. The highest BCUT2D eigenvalue weighted by atomic mass is 15.1. The maximum atomic E-state index is 2.49. The van der Waals surface area contributed by atoms with Gasteiger partial charge in [-0.15, -0.1) is 0 Å². The van der Waals surface area contributed by atoms with Crippen LogP contribution in [-0.2, 0) is 5.41 Å². The first-order chi connectivity index (χ1) is 27.2. The molecule has 9 aromatic carbocycles. The van der Waals surface area contributed by atoms with E-state index in [4.69, 9.17) is 0 Å². The molecule has 1 aliphatic rings. The van der Waals surface area contributed by atoms with Crippen LogP contribution in [0.4, 0.5) is 17.1 Å². The SMILES string of the molecule is Cc1ccccc1-c1cc2ccccc2cc1N(c1cccc(-c2ccccc2)c1)c1ccc2c(c1)C(c1ccccc1)(c1ccccc1)c1ccccc1-2. The lowest BCUT2D eigenvalue weighted by Gasteiger charge is -2.35. The van der Waals surface area contributed by atoms with Crippen molar-refractivity contribution in [1.29, 1.82) is 0 Å². The van der Waals surface area contributed by atoms with Crippen LogP contribution >= 0.6 is 0 Å². The number of rotatable bonds is 7. The molecule has 0 radical (unpaired) electrons. The Kier molecular flexibility index (Phi) is 8.00. The lowest BCUT2D eigenvalue weighted by atomic mass is 9.67. The summed E-state index contributed by atoms with van der Waals surface area (Å²) in [5.41, 5.74) is 16.5. The van der Waals surface area contributed by atoms with Crippen molar-refractivity contribution in [3.63, 3.8) is 0 Å². The van der Waals surface area contributed by atoms with Crippen molar-refractivity contribution in [3.05, 3.63) is 246 Å². The van der Waals surface area contributed by atoms with Crippen LogP contribution in [-0.4, -0.2) is 0 Å². The molecule has 0 N–H and O–H groups in total. The van der Waals surface area contributed by atoms with Gasteiger partial charge in [0.05, 0.1) is 11.1 Å². The maximum absolute atomic E-state index is 2.49. The van der Waals surface area contributed by atoms with Gasteiger partial charge in [-0.1, -0.05) is 182 Å². The first kappa shape index (κ1) is 32.7. The van der Waals surface area contributed by atoms with Gasteiger partial charge in [-0.25, -0.2) is 0 Å². The molecular weight excluding hydrogens is 663 g/mol. The van der Waals surface area contributed by atoms with Gasteiger partial charge < -0.3 is 4.90 Å². The lowest BCUT2D eigenvalue weighted by molar-refractivity contribution is 0.768. The number of nitrogens with zero attached hydrogens (tertiary/aromatic N) is 1. The summed E-state index contributed by atoms with van der Waals surface area (Å²) in [6.07, 6.45) is 0. The van der Waals surface area contributed by atoms with Crippen LogP contribution in [0.3, 0.4) is 0 Å². The molecule has 0 saturated heterocycles. The van der Waals surface area contributed by atoms with Gasteiger partial charge in [0.1, 0.15) is 0 Å². The summed E-state index contributed by atoms with van der Waals surface area (Å²) in [4.78, 5) is 2.49. The highest BCUT2D eigenvalue weighted by Crippen LogP contribution is 2.57. The number of hydrogen-bond donors (Lipinski definition) is 0. The molecule has 55 heavy (non-hydrogen) atoms. The molecule has 10 rings (SSSR count). The highest BCUT2D eigenvalue weighted by molar-refractivity contribution is 6.00. The zero-order valence-corrected chi connectivity index (χ0v) is 30.7. The fourth-order valence-corrected chi connectivity index (χ4v) is 8.96. The van der Waals surface area contributed by atoms with E-state index in [2.05, 4.69) is 230 Å². The Bertz CT molecular complexity index is 2780. The van der Waals surface area contributed by atoms with Crippen molar-refractivity contribution >= 4 is 27.8 Å². The van der Waals surface area contributed by atoms with Gasteiger partial charge in [0.15, 0.2) is 0 Å². The molecule has 0 bridgehead atoms. The molecule has 9 aromatic rings. The summed E-state index contributed by atoms with van der Waals surface area (Å²) >= 11 is 0. The van der Waals surface area contributed by atoms with E-state index in [0.717, 1.165) is 17.1 Å². The van der Waals surface area contributed by atoms with E-state index in [9.17, 15) is 0 Å². The summed E-state index contributed by atoms with van der Waals surface area (Å²) in [6, 6.07) is 80.3. The normalized spacial score (nSPS) is 12.6. The third-order valence-electron chi connectivity index (χ3n) is 11.5. The zero-order chi connectivity index (χ0) is 36.8. The third-order valence-corrected chi connectivity index (χ3v) is 11.5. The van der Waals surface area contributed by atoms with Crippen molar-refractivity contribution in [2.45, 2.75) is 12.3 Å². The van der Waals surface area contributed by atoms with Crippen LogP contribution in [0.2, 0.25) is 0 Å². The predicted octanol–water partition coefficient (Wildman–Crippen LogP) is 14.3. The van der Waals surface area contributed by atoms with E-state index in [-0.39, 0.29) is 0 Å². The monoisotopic (exact) mass is 701 g/mol. The first-order valence-electron chi connectivity index (χ1n) is 19.1. The molecule has 0 aliphatic heterocycles. The zero-order valence-electron chi connectivity index (χ0n) is 30.7. The van der Waals surface area contributed by atoms with Crippen molar-refractivity contribution in [1.82, 2.24) is 0 Å². The first-order valence-corrected chi connectivity index (χ1v) is 19.1. The van der Waals surface area contributed by atoms with Crippen LogP contribution in [0.1, 0.15) is 27.8 Å². The summed E-state index contributed by atoms with van der Waals surface area (Å²) in [5.74, 6) is 0. The Hall–Kier alpha value is -6.96. The molecule has 0 amide bonds. The van der Waals surface area contributed by atoms with Crippen LogP contribution in [0.15, 0.2) is 218 Å². The van der Waals surface area contributed by atoms with Gasteiger partial charge in [0, 0.05) is 16.9 Å². The van der Waals surface area contributed by atoms with Gasteiger partial charge in [0.25, 0.3) is 0 Å². The molecule has 1 aliphatic carbocycles. The number of anilines is 3. The van der Waals surface area contributed by atoms with Crippen molar-refractivity contribution < 1.29 is 0 Å². The average molecular weight is 702 g/mol. The van der Waals surface area contributed by atoms with E-state index in [1.54, 1.807) is 0 Å². The predicted molar refractivity (Wildman–Crippen MR) is 232 cm³/mol. The molecule has 0 unspecified atom stereocenters. The van der Waals surface area contributed by atoms with Gasteiger partial charge >= 0.3 is 0 Å². The molecule has 260 valence electrons. The quantitative estimate of drug-likeness (QED) is 0.160. The molecule has 0 heterocycles. The van der Waals surface area contributed by atoms with Crippen LogP contribution in [0.25, 0.3) is 44.2 Å². The Morgan fingerprint density at radius 2 is 0.891 bits per heavy atom. The highest BCUT2D eigenvalue weighted by Gasteiger charge is 2.46. The van der Waals surface area contributed by atoms with Gasteiger partial charge in [-0.3, -0.25) is 0 Å². The second-order valence-electron chi connectivity index (χ2n) is 14.5. The Morgan fingerprint density at radius 3 is 1.60 bits per heavy atom. The number of aryl methyl sites for hydroxylation is 1. The van der Waals surface area contributed by atoms with E-state index >= 15 is 0 Å². The lowest BCUT2D eigenvalue weighted by Crippen LogP contribution is -2.28. The van der Waals surface area contributed by atoms with E-state index in [1.807, 2.05) is 0 Å². The topological polar surface area (TPSA) is 3.24 Å². The Morgan fingerprint density at radius 1 is 0.345 bits per heavy atom. The van der Waals surface area contributed by atoms with Crippen LogP contribution in [0.5, 0.6) is 0 Å². The largest absolute Gasteiger partial charge is 0.310 e.